The van der Waals surface area contributed by atoms with Gasteiger partial charge in [-0.25, -0.2) is 4.79 Å². The highest BCUT2D eigenvalue weighted by Crippen LogP contribution is 2.26. The molecule has 1 saturated heterocycles. The van der Waals surface area contributed by atoms with Crippen LogP contribution in [0.15, 0.2) is 0 Å². The first-order valence-electron chi connectivity index (χ1n) is 7.85. The maximum atomic E-state index is 12.0. The summed E-state index contributed by atoms with van der Waals surface area (Å²) >= 11 is 0. The summed E-state index contributed by atoms with van der Waals surface area (Å²) in [5.41, 5.74) is -0.610. The number of ether oxygens (including phenoxy) is 3. The molecule has 1 aliphatic rings. The van der Waals surface area contributed by atoms with E-state index in [4.69, 9.17) is 14.2 Å². The SMILES string of the molecule is CC(C)OCCOC1(C)CCN(C(=O)OC(C)(C)C)CC1. The summed E-state index contributed by atoms with van der Waals surface area (Å²) in [6.45, 7) is 14.4. The van der Waals surface area contributed by atoms with Gasteiger partial charge in [0.05, 0.1) is 24.9 Å². The highest BCUT2D eigenvalue weighted by Gasteiger charge is 2.34. The number of hydrogen-bond donors (Lipinski definition) is 0. The molecule has 0 N–H and O–H groups in total. The van der Waals surface area contributed by atoms with E-state index in [-0.39, 0.29) is 17.8 Å². The Morgan fingerprint density at radius 1 is 1.19 bits per heavy atom. The van der Waals surface area contributed by atoms with Gasteiger partial charge in [-0.3, -0.25) is 0 Å². The van der Waals surface area contributed by atoms with Gasteiger partial charge in [-0.05, 0) is 54.4 Å². The second-order valence-electron chi connectivity index (χ2n) is 7.19. The van der Waals surface area contributed by atoms with Gasteiger partial charge < -0.3 is 19.1 Å². The second kappa shape index (κ2) is 7.45. The number of carbonyl (C=O) groups excluding carboxylic acids is 1. The lowest BCUT2D eigenvalue weighted by atomic mass is 9.93. The van der Waals surface area contributed by atoms with Gasteiger partial charge in [0.2, 0.25) is 0 Å². The van der Waals surface area contributed by atoms with Gasteiger partial charge in [-0.2, -0.15) is 0 Å². The Kier molecular flexibility index (Phi) is 6.47. The lowest BCUT2D eigenvalue weighted by Gasteiger charge is -2.39. The van der Waals surface area contributed by atoms with Crippen LogP contribution in [0.25, 0.3) is 0 Å². The van der Waals surface area contributed by atoms with Crippen LogP contribution in [0.2, 0.25) is 0 Å². The minimum atomic E-state index is -0.442. The largest absolute Gasteiger partial charge is 0.444 e. The van der Waals surface area contributed by atoms with Crippen molar-refractivity contribution >= 4 is 6.09 Å². The van der Waals surface area contributed by atoms with Crippen LogP contribution in [0.1, 0.15) is 54.4 Å². The zero-order valence-corrected chi connectivity index (χ0v) is 14.4. The minimum Gasteiger partial charge on any atom is -0.444 e. The lowest BCUT2D eigenvalue weighted by Crippen LogP contribution is -2.48. The van der Waals surface area contributed by atoms with Crippen LogP contribution in [0.4, 0.5) is 4.79 Å². The molecule has 5 nitrogen and oxygen atoms in total. The van der Waals surface area contributed by atoms with E-state index in [0.717, 1.165) is 12.8 Å². The molecule has 0 aromatic heterocycles. The molecule has 1 heterocycles. The van der Waals surface area contributed by atoms with Crippen LogP contribution in [0.5, 0.6) is 0 Å². The molecule has 0 bridgehead atoms. The molecule has 21 heavy (non-hydrogen) atoms. The number of amides is 1. The van der Waals surface area contributed by atoms with Crippen molar-refractivity contribution in [2.75, 3.05) is 26.3 Å². The van der Waals surface area contributed by atoms with Gasteiger partial charge in [0, 0.05) is 13.1 Å². The maximum absolute atomic E-state index is 12.0. The number of nitrogens with zero attached hydrogens (tertiary/aromatic N) is 1. The molecule has 5 heteroatoms. The molecule has 1 rings (SSSR count). The van der Waals surface area contributed by atoms with Crippen LogP contribution >= 0.6 is 0 Å². The van der Waals surface area contributed by atoms with Gasteiger partial charge in [0.15, 0.2) is 0 Å². The Hall–Kier alpha value is -0.810. The predicted octanol–water partition coefficient (Wildman–Crippen LogP) is 3.22. The second-order valence-corrected chi connectivity index (χ2v) is 7.19. The predicted molar refractivity (Wildman–Crippen MR) is 82.5 cm³/mol. The monoisotopic (exact) mass is 301 g/mol. The first-order chi connectivity index (χ1) is 9.61. The number of carbonyl (C=O) groups is 1. The molecule has 1 fully saturated rings. The molecule has 0 aromatic rings. The van der Waals surface area contributed by atoms with Gasteiger partial charge in [0.1, 0.15) is 5.60 Å². The summed E-state index contributed by atoms with van der Waals surface area (Å²) in [5, 5.41) is 0. The normalized spacial score (nSPS) is 18.9. The van der Waals surface area contributed by atoms with Crippen LogP contribution in [-0.2, 0) is 14.2 Å². The van der Waals surface area contributed by atoms with E-state index in [1.165, 1.54) is 0 Å². The standard InChI is InChI=1S/C16H31NO4/c1-13(2)19-11-12-20-16(6)7-9-17(10-8-16)14(18)21-15(3,4)5/h13H,7-12H2,1-6H3. The lowest BCUT2D eigenvalue weighted by molar-refractivity contribution is -0.0926. The van der Waals surface area contributed by atoms with Gasteiger partial charge in [0.25, 0.3) is 0 Å². The Bertz CT molecular complexity index is 328. The summed E-state index contributed by atoms with van der Waals surface area (Å²) in [6.07, 6.45) is 1.66. The van der Waals surface area contributed by atoms with E-state index < -0.39 is 5.60 Å². The zero-order valence-electron chi connectivity index (χ0n) is 14.4. The fourth-order valence-electron chi connectivity index (χ4n) is 2.21. The molecule has 1 aliphatic heterocycles. The highest BCUT2D eigenvalue weighted by molar-refractivity contribution is 5.68. The van der Waals surface area contributed by atoms with Gasteiger partial charge >= 0.3 is 6.09 Å². The van der Waals surface area contributed by atoms with Crippen LogP contribution in [0, 0.1) is 0 Å². The first kappa shape index (κ1) is 18.2. The van der Waals surface area contributed by atoms with Crippen LogP contribution < -0.4 is 0 Å². The summed E-state index contributed by atoms with van der Waals surface area (Å²) in [4.78, 5) is 13.8. The quantitative estimate of drug-likeness (QED) is 0.732. The van der Waals surface area contributed by atoms with E-state index in [1.807, 2.05) is 34.6 Å². The Morgan fingerprint density at radius 2 is 1.76 bits per heavy atom. The van der Waals surface area contributed by atoms with Crippen molar-refractivity contribution in [1.82, 2.24) is 4.90 Å². The van der Waals surface area contributed by atoms with Crippen LogP contribution in [-0.4, -0.2) is 54.6 Å². The van der Waals surface area contributed by atoms with Crippen LogP contribution in [0.3, 0.4) is 0 Å². The van der Waals surface area contributed by atoms with Gasteiger partial charge in [-0.1, -0.05) is 0 Å². The van der Waals surface area contributed by atoms with Gasteiger partial charge in [-0.15, -0.1) is 0 Å². The molecule has 124 valence electrons. The minimum absolute atomic E-state index is 0.168. The van der Waals surface area contributed by atoms with E-state index in [9.17, 15) is 4.79 Å². The smallest absolute Gasteiger partial charge is 0.410 e. The first-order valence-corrected chi connectivity index (χ1v) is 7.85. The molecular formula is C16H31NO4. The molecule has 0 unspecified atom stereocenters. The van der Waals surface area contributed by atoms with Crippen molar-refractivity contribution in [3.63, 3.8) is 0 Å². The third-order valence-corrected chi connectivity index (χ3v) is 3.46. The molecule has 1 amide bonds. The molecule has 0 aromatic carbocycles. The fourth-order valence-corrected chi connectivity index (χ4v) is 2.21. The van der Waals surface area contributed by atoms with Crippen molar-refractivity contribution in [2.45, 2.75) is 71.7 Å². The zero-order chi connectivity index (χ0) is 16.1. The van der Waals surface area contributed by atoms with Crippen molar-refractivity contribution in [3.05, 3.63) is 0 Å². The summed E-state index contributed by atoms with van der Waals surface area (Å²) in [6, 6.07) is 0. The van der Waals surface area contributed by atoms with Crippen molar-refractivity contribution in [2.24, 2.45) is 0 Å². The average Bonchev–Trinajstić information content (AvgIpc) is 2.33. The molecule has 0 aliphatic carbocycles. The number of piperidine rings is 1. The Balaban J connectivity index is 2.31. The van der Waals surface area contributed by atoms with Crippen molar-refractivity contribution in [1.29, 1.82) is 0 Å². The van der Waals surface area contributed by atoms with E-state index >= 15 is 0 Å². The Labute approximate surface area is 128 Å². The third-order valence-electron chi connectivity index (χ3n) is 3.46. The number of likely N-dealkylation sites (tertiary alicyclic amines) is 1. The summed E-state index contributed by atoms with van der Waals surface area (Å²) in [5.74, 6) is 0. The number of hydrogen-bond acceptors (Lipinski definition) is 4. The van der Waals surface area contributed by atoms with E-state index in [0.29, 0.717) is 26.3 Å². The van der Waals surface area contributed by atoms with Crippen molar-refractivity contribution < 1.29 is 19.0 Å². The Morgan fingerprint density at radius 3 is 2.24 bits per heavy atom. The third kappa shape index (κ3) is 7.14. The molecule has 0 saturated carbocycles. The highest BCUT2D eigenvalue weighted by atomic mass is 16.6. The maximum Gasteiger partial charge on any atom is 0.410 e. The van der Waals surface area contributed by atoms with E-state index in [1.54, 1.807) is 4.90 Å². The molecule has 0 spiro atoms. The number of rotatable bonds is 5. The summed E-state index contributed by atoms with van der Waals surface area (Å²) < 4.78 is 16.8. The molecular weight excluding hydrogens is 270 g/mol. The fraction of sp³-hybridized carbons (Fsp3) is 0.938. The van der Waals surface area contributed by atoms with E-state index in [2.05, 4.69) is 6.92 Å². The topological polar surface area (TPSA) is 48.0 Å². The van der Waals surface area contributed by atoms with Crippen molar-refractivity contribution in [3.8, 4) is 0 Å². The molecule has 0 atom stereocenters. The summed E-state index contributed by atoms with van der Waals surface area (Å²) in [7, 11) is 0. The average molecular weight is 301 g/mol. The molecule has 0 radical (unpaired) electrons.